The molecule has 2 amide bonds. The van der Waals surface area contributed by atoms with Crippen LogP contribution in [0.25, 0.3) is 0 Å². The van der Waals surface area contributed by atoms with Gasteiger partial charge >= 0.3 is 12.2 Å². The Morgan fingerprint density at radius 3 is 2.08 bits per heavy atom. The van der Waals surface area contributed by atoms with E-state index in [2.05, 4.69) is 21.2 Å². The van der Waals surface area contributed by atoms with Gasteiger partial charge in [0, 0.05) is 10.2 Å². The Labute approximate surface area is 215 Å². The maximum absolute atomic E-state index is 13.2. The van der Waals surface area contributed by atoms with Crippen LogP contribution in [0, 0.1) is 0 Å². The van der Waals surface area contributed by atoms with Gasteiger partial charge in [-0.15, -0.1) is 0 Å². The molecular formula is C28H22BrF3N2O2. The van der Waals surface area contributed by atoms with E-state index >= 15 is 0 Å². The zero-order chi connectivity index (χ0) is 25.5. The van der Waals surface area contributed by atoms with Crippen molar-refractivity contribution in [3.05, 3.63) is 124 Å². The van der Waals surface area contributed by atoms with Gasteiger partial charge in [-0.1, -0.05) is 54.6 Å². The Morgan fingerprint density at radius 2 is 1.44 bits per heavy atom. The summed E-state index contributed by atoms with van der Waals surface area (Å²) in [5.41, 5.74) is 1.92. The molecule has 0 unspecified atom stereocenters. The molecule has 4 rings (SSSR count). The Balaban J connectivity index is 1.53. The number of benzene rings is 4. The number of nitrogens with zero attached hydrogens (tertiary/aromatic N) is 1. The van der Waals surface area contributed by atoms with Gasteiger partial charge in [0.05, 0.1) is 17.8 Å². The Morgan fingerprint density at radius 1 is 0.806 bits per heavy atom. The summed E-state index contributed by atoms with van der Waals surface area (Å²) in [6.07, 6.45) is -4.46. The molecule has 0 aliphatic carbocycles. The number of halogens is 4. The van der Waals surface area contributed by atoms with Crippen LogP contribution in [-0.2, 0) is 19.3 Å². The average Bonchev–Trinajstić information content (AvgIpc) is 2.88. The molecule has 0 aliphatic heterocycles. The number of nitrogens with one attached hydrogen (secondary N) is 1. The third kappa shape index (κ3) is 6.66. The highest BCUT2D eigenvalue weighted by atomic mass is 79.9. The van der Waals surface area contributed by atoms with Crippen molar-refractivity contribution in [2.24, 2.45) is 0 Å². The van der Waals surface area contributed by atoms with Crippen molar-refractivity contribution >= 4 is 33.3 Å². The molecule has 0 radical (unpaired) electrons. The van der Waals surface area contributed by atoms with Gasteiger partial charge in [0.2, 0.25) is 0 Å². The summed E-state index contributed by atoms with van der Waals surface area (Å²) in [7, 11) is 0. The van der Waals surface area contributed by atoms with E-state index in [0.717, 1.165) is 23.3 Å². The molecule has 8 heteroatoms. The number of rotatable bonds is 7. The predicted molar refractivity (Wildman–Crippen MR) is 138 cm³/mol. The van der Waals surface area contributed by atoms with Gasteiger partial charge in [-0.05, 0) is 75.6 Å². The summed E-state index contributed by atoms with van der Waals surface area (Å²) < 4.78 is 45.7. The minimum Gasteiger partial charge on any atom is -0.489 e. The maximum atomic E-state index is 13.2. The second kappa shape index (κ2) is 11.3. The molecule has 0 aliphatic rings. The van der Waals surface area contributed by atoms with Crippen molar-refractivity contribution in [2.75, 3.05) is 10.2 Å². The van der Waals surface area contributed by atoms with Crippen LogP contribution in [0.15, 0.2) is 108 Å². The molecule has 0 aromatic heterocycles. The fourth-order valence-electron chi connectivity index (χ4n) is 3.47. The van der Waals surface area contributed by atoms with Crippen LogP contribution in [0.5, 0.6) is 5.75 Å². The predicted octanol–water partition coefficient (Wildman–Crippen LogP) is 8.29. The van der Waals surface area contributed by atoms with Crippen molar-refractivity contribution in [3.63, 3.8) is 0 Å². The first-order valence-electron chi connectivity index (χ1n) is 11.1. The van der Waals surface area contributed by atoms with E-state index in [4.69, 9.17) is 4.74 Å². The van der Waals surface area contributed by atoms with Crippen LogP contribution < -0.4 is 15.0 Å². The van der Waals surface area contributed by atoms with E-state index in [0.29, 0.717) is 28.2 Å². The van der Waals surface area contributed by atoms with Gasteiger partial charge in [-0.2, -0.15) is 13.2 Å². The summed E-state index contributed by atoms with van der Waals surface area (Å²) in [6, 6.07) is 28.1. The van der Waals surface area contributed by atoms with Crippen LogP contribution in [0.4, 0.5) is 29.3 Å². The monoisotopic (exact) mass is 554 g/mol. The van der Waals surface area contributed by atoms with Crippen molar-refractivity contribution < 1.29 is 22.7 Å². The molecule has 184 valence electrons. The number of amides is 2. The topological polar surface area (TPSA) is 41.6 Å². The highest BCUT2D eigenvalue weighted by Crippen LogP contribution is 2.31. The smallest absolute Gasteiger partial charge is 0.416 e. The number of ether oxygens (including phenoxy) is 1. The lowest BCUT2D eigenvalue weighted by Gasteiger charge is -2.24. The molecule has 4 nitrogen and oxygen atoms in total. The molecular weight excluding hydrogens is 533 g/mol. The third-order valence-corrected chi connectivity index (χ3v) is 6.07. The molecule has 0 spiro atoms. The molecule has 0 bridgehead atoms. The fourth-order valence-corrected chi connectivity index (χ4v) is 3.85. The molecule has 4 aromatic carbocycles. The summed E-state index contributed by atoms with van der Waals surface area (Å²) in [6.45, 7) is 0.562. The van der Waals surface area contributed by atoms with Gasteiger partial charge in [-0.3, -0.25) is 4.90 Å². The average molecular weight is 555 g/mol. The number of para-hydroxylation sites is 1. The van der Waals surface area contributed by atoms with Crippen molar-refractivity contribution in [2.45, 2.75) is 19.3 Å². The number of urea groups is 1. The molecule has 4 aromatic rings. The number of carbonyl (C=O) groups excluding carboxylic acids is 1. The summed E-state index contributed by atoms with van der Waals surface area (Å²) >= 11 is 3.40. The number of hydrogen-bond acceptors (Lipinski definition) is 2. The molecule has 1 N–H and O–H groups in total. The van der Waals surface area contributed by atoms with Crippen LogP contribution in [-0.4, -0.2) is 6.03 Å². The van der Waals surface area contributed by atoms with Crippen molar-refractivity contribution in [1.82, 2.24) is 0 Å². The van der Waals surface area contributed by atoms with Crippen LogP contribution in [0.1, 0.15) is 16.7 Å². The second-order valence-electron chi connectivity index (χ2n) is 7.96. The SMILES string of the molecule is O=C(Nc1ccccc1Br)N(Cc1ccc(OCc2ccccc2)cc1)c1ccc(C(F)(F)F)cc1. The normalized spacial score (nSPS) is 11.1. The zero-order valence-electron chi connectivity index (χ0n) is 19.0. The van der Waals surface area contributed by atoms with Crippen LogP contribution in [0.3, 0.4) is 0 Å². The lowest BCUT2D eigenvalue weighted by atomic mass is 10.1. The van der Waals surface area contributed by atoms with Gasteiger partial charge in [0.15, 0.2) is 0 Å². The minimum atomic E-state index is -4.46. The van der Waals surface area contributed by atoms with E-state index in [1.165, 1.54) is 17.0 Å². The van der Waals surface area contributed by atoms with E-state index in [9.17, 15) is 18.0 Å². The summed E-state index contributed by atoms with van der Waals surface area (Å²) in [4.78, 5) is 14.6. The lowest BCUT2D eigenvalue weighted by Crippen LogP contribution is -2.34. The molecule has 36 heavy (non-hydrogen) atoms. The van der Waals surface area contributed by atoms with Gasteiger partial charge in [0.25, 0.3) is 0 Å². The van der Waals surface area contributed by atoms with Crippen molar-refractivity contribution in [1.29, 1.82) is 0 Å². The standard InChI is InChI=1S/C28H22BrF3N2O2/c29-25-8-4-5-9-26(25)33-27(35)34(23-14-12-22(13-15-23)28(30,31)32)18-20-10-16-24(17-11-20)36-19-21-6-2-1-3-7-21/h1-17H,18-19H2,(H,33,35). The van der Waals surface area contributed by atoms with E-state index in [1.54, 1.807) is 30.3 Å². The molecule has 0 heterocycles. The Bertz CT molecular complexity index is 1300. The first-order valence-corrected chi connectivity index (χ1v) is 11.8. The minimum absolute atomic E-state index is 0.139. The molecule has 0 atom stereocenters. The molecule has 0 fully saturated rings. The maximum Gasteiger partial charge on any atom is 0.416 e. The van der Waals surface area contributed by atoms with E-state index in [-0.39, 0.29) is 6.54 Å². The third-order valence-electron chi connectivity index (χ3n) is 5.38. The molecule has 0 saturated heterocycles. The second-order valence-corrected chi connectivity index (χ2v) is 8.81. The Hall–Kier alpha value is -3.78. The first-order chi connectivity index (χ1) is 17.3. The summed E-state index contributed by atoms with van der Waals surface area (Å²) in [5, 5.41) is 2.82. The van der Waals surface area contributed by atoms with Gasteiger partial charge in [0.1, 0.15) is 12.4 Å². The first kappa shape index (κ1) is 25.3. The van der Waals surface area contributed by atoms with Gasteiger partial charge < -0.3 is 10.1 Å². The lowest BCUT2D eigenvalue weighted by molar-refractivity contribution is -0.137. The molecule has 0 saturated carbocycles. The quantitative estimate of drug-likeness (QED) is 0.249. The van der Waals surface area contributed by atoms with Crippen LogP contribution in [0.2, 0.25) is 0 Å². The largest absolute Gasteiger partial charge is 0.489 e. The van der Waals surface area contributed by atoms with E-state index < -0.39 is 17.8 Å². The number of carbonyl (C=O) groups is 1. The van der Waals surface area contributed by atoms with Crippen molar-refractivity contribution in [3.8, 4) is 5.75 Å². The van der Waals surface area contributed by atoms with E-state index in [1.807, 2.05) is 48.5 Å². The fraction of sp³-hybridized carbons (Fsp3) is 0.107. The number of alkyl halides is 3. The highest BCUT2D eigenvalue weighted by Gasteiger charge is 2.30. The summed E-state index contributed by atoms with van der Waals surface area (Å²) in [5.74, 6) is 0.668. The number of anilines is 2. The zero-order valence-corrected chi connectivity index (χ0v) is 20.6. The highest BCUT2D eigenvalue weighted by molar-refractivity contribution is 9.10. The Kier molecular flexibility index (Phi) is 7.95. The van der Waals surface area contributed by atoms with Gasteiger partial charge in [-0.25, -0.2) is 4.79 Å². The number of hydrogen-bond donors (Lipinski definition) is 1. The van der Waals surface area contributed by atoms with Crippen LogP contribution >= 0.6 is 15.9 Å².